The van der Waals surface area contributed by atoms with E-state index in [1.807, 2.05) is 0 Å². The maximum atomic E-state index is 12.0. The molecular formula is C9H13N3O4S. The number of nitrogen functional groups attached to an aromatic ring is 1. The Hall–Kier alpha value is -1.64. The number of anilines is 1. The van der Waals surface area contributed by atoms with Gasteiger partial charge < -0.3 is 16.6 Å². The van der Waals surface area contributed by atoms with Gasteiger partial charge in [-0.2, -0.15) is 4.31 Å². The van der Waals surface area contributed by atoms with Crippen LogP contribution in [0, 0.1) is 0 Å². The Morgan fingerprint density at radius 3 is 2.24 bits per heavy atom. The molecule has 94 valence electrons. The summed E-state index contributed by atoms with van der Waals surface area (Å²) in [6, 6.07) is 5.44. The normalized spacial score (nSPS) is 11.6. The van der Waals surface area contributed by atoms with E-state index in [9.17, 15) is 13.2 Å². The van der Waals surface area contributed by atoms with Gasteiger partial charge in [0.05, 0.1) is 11.6 Å². The first-order chi connectivity index (χ1) is 7.87. The highest BCUT2D eigenvalue weighted by Gasteiger charge is 2.25. The molecule has 17 heavy (non-hydrogen) atoms. The minimum atomic E-state index is -3.89. The zero-order valence-electron chi connectivity index (χ0n) is 8.91. The standard InChI is InChI=1S/C9H13N3O4S/c10-6-12(5-9(13)14)17(15,16)8-3-1-7(11)2-4-8/h1-4H,5-6,10-11H2,(H,13,14). The van der Waals surface area contributed by atoms with Crippen LogP contribution < -0.4 is 11.5 Å². The molecule has 1 rings (SSSR count). The third-order valence-electron chi connectivity index (χ3n) is 2.03. The Morgan fingerprint density at radius 1 is 1.29 bits per heavy atom. The molecule has 0 saturated carbocycles. The molecular weight excluding hydrogens is 246 g/mol. The highest BCUT2D eigenvalue weighted by atomic mass is 32.2. The quantitative estimate of drug-likeness (QED) is 0.472. The van der Waals surface area contributed by atoms with Gasteiger partial charge >= 0.3 is 5.97 Å². The van der Waals surface area contributed by atoms with Crippen LogP contribution in [0.15, 0.2) is 29.2 Å². The van der Waals surface area contributed by atoms with Crippen LogP contribution in [0.3, 0.4) is 0 Å². The molecule has 1 aromatic rings. The Kier molecular flexibility index (Phi) is 4.05. The zero-order valence-corrected chi connectivity index (χ0v) is 9.72. The summed E-state index contributed by atoms with van der Waals surface area (Å²) >= 11 is 0. The van der Waals surface area contributed by atoms with Crippen molar-refractivity contribution < 1.29 is 18.3 Å². The number of benzene rings is 1. The minimum Gasteiger partial charge on any atom is -0.480 e. The summed E-state index contributed by atoms with van der Waals surface area (Å²) in [5, 5.41) is 8.59. The van der Waals surface area contributed by atoms with E-state index < -0.39 is 29.2 Å². The van der Waals surface area contributed by atoms with E-state index >= 15 is 0 Å². The van der Waals surface area contributed by atoms with Gasteiger partial charge in [-0.05, 0) is 24.3 Å². The number of aliphatic carboxylic acids is 1. The van der Waals surface area contributed by atoms with Gasteiger partial charge in [0.25, 0.3) is 0 Å². The highest BCUT2D eigenvalue weighted by molar-refractivity contribution is 7.89. The number of nitrogens with two attached hydrogens (primary N) is 2. The monoisotopic (exact) mass is 259 g/mol. The molecule has 5 N–H and O–H groups in total. The number of carboxylic acid groups (broad SMARTS) is 1. The number of hydrogen-bond acceptors (Lipinski definition) is 5. The van der Waals surface area contributed by atoms with Crippen LogP contribution >= 0.6 is 0 Å². The van der Waals surface area contributed by atoms with E-state index in [1.54, 1.807) is 0 Å². The molecule has 0 saturated heterocycles. The van der Waals surface area contributed by atoms with Gasteiger partial charge in [0.2, 0.25) is 10.0 Å². The first kappa shape index (κ1) is 13.4. The molecule has 0 fully saturated rings. The predicted octanol–water partition coefficient (Wildman–Crippen LogP) is -0.740. The summed E-state index contributed by atoms with van der Waals surface area (Å²) in [4.78, 5) is 10.5. The van der Waals surface area contributed by atoms with Crippen molar-refractivity contribution in [2.75, 3.05) is 18.9 Å². The lowest BCUT2D eigenvalue weighted by molar-refractivity contribution is -0.137. The van der Waals surface area contributed by atoms with Crippen molar-refractivity contribution in [1.29, 1.82) is 0 Å². The molecule has 0 aliphatic carbocycles. The van der Waals surface area contributed by atoms with Crippen LogP contribution in [0.25, 0.3) is 0 Å². The lowest BCUT2D eigenvalue weighted by Crippen LogP contribution is -2.39. The third kappa shape index (κ3) is 3.16. The van der Waals surface area contributed by atoms with Crippen molar-refractivity contribution in [2.24, 2.45) is 5.73 Å². The summed E-state index contributed by atoms with van der Waals surface area (Å²) in [6.07, 6.45) is 0. The Labute approximate surface area is 98.7 Å². The van der Waals surface area contributed by atoms with Crippen molar-refractivity contribution in [3.8, 4) is 0 Å². The molecule has 0 heterocycles. The molecule has 0 amide bonds. The molecule has 1 aromatic carbocycles. The topological polar surface area (TPSA) is 127 Å². The molecule has 0 bridgehead atoms. The Balaban J connectivity index is 3.08. The lowest BCUT2D eigenvalue weighted by Gasteiger charge is -2.17. The molecule has 0 radical (unpaired) electrons. The van der Waals surface area contributed by atoms with Gasteiger partial charge in [-0.3, -0.25) is 4.79 Å². The fourth-order valence-corrected chi connectivity index (χ4v) is 2.44. The molecule has 0 aliphatic heterocycles. The largest absolute Gasteiger partial charge is 0.480 e. The lowest BCUT2D eigenvalue weighted by atomic mass is 10.3. The maximum absolute atomic E-state index is 12.0. The van der Waals surface area contributed by atoms with Gasteiger partial charge in [-0.15, -0.1) is 0 Å². The molecule has 8 heteroatoms. The average molecular weight is 259 g/mol. The average Bonchev–Trinajstić information content (AvgIpc) is 2.26. The van der Waals surface area contributed by atoms with E-state index in [0.29, 0.717) is 9.99 Å². The SMILES string of the molecule is NCN(CC(=O)O)S(=O)(=O)c1ccc(N)cc1. The predicted molar refractivity (Wildman–Crippen MR) is 61.4 cm³/mol. The number of rotatable bonds is 5. The number of sulfonamides is 1. The van der Waals surface area contributed by atoms with Crippen LogP contribution in [-0.2, 0) is 14.8 Å². The van der Waals surface area contributed by atoms with Crippen LogP contribution in [0.5, 0.6) is 0 Å². The second-order valence-corrected chi connectivity index (χ2v) is 5.20. The summed E-state index contributed by atoms with van der Waals surface area (Å²) in [5.41, 5.74) is 11.1. The fraction of sp³-hybridized carbons (Fsp3) is 0.222. The van der Waals surface area contributed by atoms with Crippen molar-refractivity contribution >= 4 is 21.7 Å². The van der Waals surface area contributed by atoms with Gasteiger partial charge in [-0.25, -0.2) is 8.42 Å². The number of carbonyl (C=O) groups is 1. The van der Waals surface area contributed by atoms with Crippen molar-refractivity contribution in [2.45, 2.75) is 4.90 Å². The fourth-order valence-electron chi connectivity index (χ4n) is 1.19. The molecule has 7 nitrogen and oxygen atoms in total. The van der Waals surface area contributed by atoms with E-state index in [1.165, 1.54) is 24.3 Å². The number of nitrogens with zero attached hydrogens (tertiary/aromatic N) is 1. The van der Waals surface area contributed by atoms with Gasteiger partial charge in [0, 0.05) is 5.69 Å². The van der Waals surface area contributed by atoms with Crippen LogP contribution in [0.2, 0.25) is 0 Å². The van der Waals surface area contributed by atoms with Crippen molar-refractivity contribution in [1.82, 2.24) is 4.31 Å². The van der Waals surface area contributed by atoms with Gasteiger partial charge in [0.15, 0.2) is 0 Å². The van der Waals surface area contributed by atoms with Crippen LogP contribution in [0.4, 0.5) is 5.69 Å². The van der Waals surface area contributed by atoms with Crippen LogP contribution in [0.1, 0.15) is 0 Å². The molecule has 0 spiro atoms. The summed E-state index contributed by atoms with van der Waals surface area (Å²) in [7, 11) is -3.89. The molecule has 0 aliphatic rings. The number of hydrogen-bond donors (Lipinski definition) is 3. The van der Waals surface area contributed by atoms with E-state index in [2.05, 4.69) is 0 Å². The minimum absolute atomic E-state index is 0.0431. The Bertz CT molecular complexity index is 497. The molecule has 0 aromatic heterocycles. The highest BCUT2D eigenvalue weighted by Crippen LogP contribution is 2.16. The Morgan fingerprint density at radius 2 is 1.82 bits per heavy atom. The third-order valence-corrected chi connectivity index (χ3v) is 3.86. The van der Waals surface area contributed by atoms with Gasteiger partial charge in [-0.1, -0.05) is 0 Å². The van der Waals surface area contributed by atoms with Gasteiger partial charge in [0.1, 0.15) is 6.54 Å². The summed E-state index contributed by atoms with van der Waals surface area (Å²) < 4.78 is 24.6. The van der Waals surface area contributed by atoms with Crippen molar-refractivity contribution in [3.05, 3.63) is 24.3 Å². The number of carboxylic acids is 1. The van der Waals surface area contributed by atoms with E-state index in [4.69, 9.17) is 16.6 Å². The molecule has 0 atom stereocenters. The van der Waals surface area contributed by atoms with Crippen LogP contribution in [-0.4, -0.2) is 37.0 Å². The van der Waals surface area contributed by atoms with Crippen molar-refractivity contribution in [3.63, 3.8) is 0 Å². The van der Waals surface area contributed by atoms with E-state index in [-0.39, 0.29) is 4.90 Å². The maximum Gasteiger partial charge on any atom is 0.318 e. The summed E-state index contributed by atoms with van der Waals surface area (Å²) in [6.45, 7) is -1.08. The smallest absolute Gasteiger partial charge is 0.318 e. The second-order valence-electron chi connectivity index (χ2n) is 3.26. The second kappa shape index (κ2) is 5.13. The first-order valence-corrected chi connectivity index (χ1v) is 6.09. The molecule has 0 unspecified atom stereocenters. The first-order valence-electron chi connectivity index (χ1n) is 4.65. The zero-order chi connectivity index (χ0) is 13.1. The van der Waals surface area contributed by atoms with E-state index in [0.717, 1.165) is 0 Å². The summed E-state index contributed by atoms with van der Waals surface area (Å²) in [5.74, 6) is -1.27.